The zero-order chi connectivity index (χ0) is 25.1. The molecule has 0 radical (unpaired) electrons. The number of rotatable bonds is 9. The summed E-state index contributed by atoms with van der Waals surface area (Å²) >= 11 is 6.06. The van der Waals surface area contributed by atoms with Crippen LogP contribution in [0.25, 0.3) is 0 Å². The van der Waals surface area contributed by atoms with E-state index in [-0.39, 0.29) is 24.0 Å². The highest BCUT2D eigenvalue weighted by molar-refractivity contribution is 6.31. The SMILES string of the molecule is C=C(/C=C(OC)\C(Cl)=C/C)C(=O)OC[C@H](C)Cn1nc(CC)c2c1CCCOCCCNC2=O. The summed E-state index contributed by atoms with van der Waals surface area (Å²) in [7, 11) is 1.47. The number of aryl methyl sites for hydroxylation is 1. The second-order valence-electron chi connectivity index (χ2n) is 8.21. The van der Waals surface area contributed by atoms with Crippen LogP contribution in [0.15, 0.2) is 35.1 Å². The normalized spacial score (nSPS) is 16.7. The molecule has 1 amide bonds. The summed E-state index contributed by atoms with van der Waals surface area (Å²) in [6, 6.07) is 0. The molecule has 0 bridgehead atoms. The quantitative estimate of drug-likeness (QED) is 0.242. The molecule has 0 fully saturated rings. The Morgan fingerprint density at radius 3 is 2.79 bits per heavy atom. The van der Waals surface area contributed by atoms with Gasteiger partial charge in [-0.15, -0.1) is 0 Å². The van der Waals surface area contributed by atoms with Crippen LogP contribution in [0.1, 0.15) is 55.4 Å². The van der Waals surface area contributed by atoms with Crippen LogP contribution in [0, 0.1) is 5.92 Å². The zero-order valence-corrected chi connectivity index (χ0v) is 21.4. The van der Waals surface area contributed by atoms with Crippen LogP contribution in [-0.4, -0.2) is 55.1 Å². The summed E-state index contributed by atoms with van der Waals surface area (Å²) in [4.78, 5) is 25.3. The highest BCUT2D eigenvalue weighted by Gasteiger charge is 2.24. The molecular formula is C25H36ClN3O5. The topological polar surface area (TPSA) is 91.7 Å². The van der Waals surface area contributed by atoms with Crippen molar-refractivity contribution in [1.82, 2.24) is 15.1 Å². The van der Waals surface area contributed by atoms with Crippen LogP contribution in [0.4, 0.5) is 0 Å². The number of allylic oxidation sites excluding steroid dienone is 2. The van der Waals surface area contributed by atoms with Gasteiger partial charge in [0.05, 0.1) is 41.3 Å². The number of nitrogens with zero attached hydrogens (tertiary/aromatic N) is 2. The maximum absolute atomic E-state index is 12.9. The van der Waals surface area contributed by atoms with Crippen molar-refractivity contribution in [1.29, 1.82) is 0 Å². The van der Waals surface area contributed by atoms with E-state index >= 15 is 0 Å². The Morgan fingerprint density at radius 2 is 2.12 bits per heavy atom. The number of halogens is 1. The van der Waals surface area contributed by atoms with Gasteiger partial charge in [0.25, 0.3) is 5.91 Å². The van der Waals surface area contributed by atoms with Gasteiger partial charge in [0.15, 0.2) is 0 Å². The standard InChI is InChI=1S/C25H36ClN3O5/c1-6-19(26)22(32-5)14-18(4)25(31)34-16-17(3)15-29-21-10-8-12-33-13-9-11-27-24(30)23(21)20(7-2)28-29/h6,14,17H,4,7-13,15-16H2,1-3,5H3,(H,27,30)/b19-6+,22-14+/t17-/m1/s1. The van der Waals surface area contributed by atoms with Gasteiger partial charge in [-0.1, -0.05) is 38.1 Å². The van der Waals surface area contributed by atoms with Crippen LogP contribution in [0.2, 0.25) is 0 Å². The van der Waals surface area contributed by atoms with Crippen LogP contribution in [0.5, 0.6) is 0 Å². The fraction of sp³-hybridized carbons (Fsp3) is 0.560. The Balaban J connectivity index is 2.10. The van der Waals surface area contributed by atoms with E-state index in [1.165, 1.54) is 13.2 Å². The maximum atomic E-state index is 12.9. The molecule has 0 saturated heterocycles. The smallest absolute Gasteiger partial charge is 0.337 e. The number of hydrogen-bond donors (Lipinski definition) is 1. The van der Waals surface area contributed by atoms with Crippen molar-refractivity contribution in [2.45, 2.75) is 53.0 Å². The first-order chi connectivity index (χ1) is 16.3. The highest BCUT2D eigenvalue weighted by atomic mass is 35.5. The Labute approximate surface area is 207 Å². The molecule has 8 nitrogen and oxygen atoms in total. The number of esters is 1. The van der Waals surface area contributed by atoms with Crippen LogP contribution >= 0.6 is 11.6 Å². The van der Waals surface area contributed by atoms with Gasteiger partial charge in [-0.2, -0.15) is 5.10 Å². The molecular weight excluding hydrogens is 458 g/mol. The number of aromatic nitrogens is 2. The third-order valence-corrected chi connectivity index (χ3v) is 5.81. The molecule has 1 N–H and O–H groups in total. The van der Waals surface area contributed by atoms with E-state index in [2.05, 4.69) is 11.9 Å². The molecule has 2 rings (SSSR count). The average molecular weight is 494 g/mol. The Morgan fingerprint density at radius 1 is 1.38 bits per heavy atom. The van der Waals surface area contributed by atoms with Gasteiger partial charge in [-0.25, -0.2) is 4.79 Å². The molecule has 0 aromatic carbocycles. The molecule has 1 aromatic rings. The van der Waals surface area contributed by atoms with Gasteiger partial charge in [-0.05, 0) is 38.7 Å². The molecule has 1 aromatic heterocycles. The van der Waals surface area contributed by atoms with E-state index in [1.54, 1.807) is 13.0 Å². The first kappa shape index (κ1) is 27.7. The van der Waals surface area contributed by atoms with Crippen molar-refractivity contribution >= 4 is 23.5 Å². The predicted octanol–water partition coefficient (Wildman–Crippen LogP) is 3.94. The van der Waals surface area contributed by atoms with Crippen molar-refractivity contribution in [2.75, 3.05) is 33.5 Å². The summed E-state index contributed by atoms with van der Waals surface area (Å²) in [5.74, 6) is -0.331. The molecule has 1 aliphatic heterocycles. The second kappa shape index (κ2) is 14.0. The van der Waals surface area contributed by atoms with Gasteiger partial charge in [0, 0.05) is 32.2 Å². The molecule has 0 unspecified atom stereocenters. The predicted molar refractivity (Wildman–Crippen MR) is 132 cm³/mol. The number of hydrogen-bond acceptors (Lipinski definition) is 6. The largest absolute Gasteiger partial charge is 0.495 e. The first-order valence-corrected chi connectivity index (χ1v) is 12.1. The monoisotopic (exact) mass is 493 g/mol. The van der Waals surface area contributed by atoms with Gasteiger partial charge in [0.1, 0.15) is 5.76 Å². The van der Waals surface area contributed by atoms with Gasteiger partial charge < -0.3 is 19.5 Å². The van der Waals surface area contributed by atoms with Gasteiger partial charge in [-0.3, -0.25) is 9.48 Å². The fourth-order valence-electron chi connectivity index (χ4n) is 3.62. The lowest BCUT2D eigenvalue weighted by atomic mass is 10.1. The maximum Gasteiger partial charge on any atom is 0.337 e. The van der Waals surface area contributed by atoms with E-state index in [1.807, 2.05) is 18.5 Å². The molecule has 0 aliphatic carbocycles. The zero-order valence-electron chi connectivity index (χ0n) is 20.6. The van der Waals surface area contributed by atoms with Crippen molar-refractivity contribution in [3.05, 3.63) is 52.0 Å². The summed E-state index contributed by atoms with van der Waals surface area (Å²) < 4.78 is 18.2. The summed E-state index contributed by atoms with van der Waals surface area (Å²) in [5, 5.41) is 8.08. The first-order valence-electron chi connectivity index (χ1n) is 11.7. The minimum absolute atomic E-state index is 0.0343. The minimum atomic E-state index is -0.549. The highest BCUT2D eigenvalue weighted by Crippen LogP contribution is 2.20. The van der Waals surface area contributed by atoms with Crippen LogP contribution < -0.4 is 5.32 Å². The van der Waals surface area contributed by atoms with E-state index in [9.17, 15) is 9.59 Å². The van der Waals surface area contributed by atoms with Gasteiger partial charge in [0.2, 0.25) is 0 Å². The summed E-state index contributed by atoms with van der Waals surface area (Å²) in [6.07, 6.45) is 6.05. The van der Waals surface area contributed by atoms with E-state index in [4.69, 9.17) is 30.9 Å². The lowest BCUT2D eigenvalue weighted by Crippen LogP contribution is -2.27. The number of ether oxygens (including phenoxy) is 3. The van der Waals surface area contributed by atoms with Crippen LogP contribution in [-0.2, 0) is 38.4 Å². The summed E-state index contributed by atoms with van der Waals surface area (Å²) in [5.41, 5.74) is 2.49. The number of fused-ring (bicyclic) bond motifs is 1. The van der Waals surface area contributed by atoms with Crippen molar-refractivity contribution in [3.63, 3.8) is 0 Å². The minimum Gasteiger partial charge on any atom is -0.495 e. The number of carbonyl (C=O) groups is 2. The molecule has 2 heterocycles. The van der Waals surface area contributed by atoms with Crippen molar-refractivity contribution in [3.8, 4) is 0 Å². The van der Waals surface area contributed by atoms with Crippen molar-refractivity contribution in [2.24, 2.45) is 5.92 Å². The lowest BCUT2D eigenvalue weighted by Gasteiger charge is -2.15. The molecule has 9 heteroatoms. The Hall–Kier alpha value is -2.58. The molecule has 188 valence electrons. The Kier molecular flexibility index (Phi) is 11.4. The Bertz CT molecular complexity index is 935. The van der Waals surface area contributed by atoms with E-state index in [0.717, 1.165) is 24.2 Å². The average Bonchev–Trinajstić information content (AvgIpc) is 3.16. The fourth-order valence-corrected chi connectivity index (χ4v) is 3.75. The van der Waals surface area contributed by atoms with E-state index < -0.39 is 5.97 Å². The van der Waals surface area contributed by atoms with Crippen LogP contribution in [0.3, 0.4) is 0 Å². The number of carbonyl (C=O) groups excluding carboxylic acids is 2. The summed E-state index contributed by atoms with van der Waals surface area (Å²) in [6.45, 7) is 12.0. The number of nitrogens with one attached hydrogen (secondary N) is 1. The molecule has 0 saturated carbocycles. The van der Waals surface area contributed by atoms with E-state index in [0.29, 0.717) is 55.5 Å². The number of methoxy groups -OCH3 is 1. The molecule has 34 heavy (non-hydrogen) atoms. The third-order valence-electron chi connectivity index (χ3n) is 5.41. The van der Waals surface area contributed by atoms with Gasteiger partial charge >= 0.3 is 5.97 Å². The molecule has 0 spiro atoms. The second-order valence-corrected chi connectivity index (χ2v) is 8.61. The van der Waals surface area contributed by atoms with Crippen molar-refractivity contribution < 1.29 is 23.8 Å². The molecule has 1 aliphatic rings. The number of amides is 1. The molecule has 1 atom stereocenters. The lowest BCUT2D eigenvalue weighted by molar-refractivity contribution is -0.140. The third kappa shape index (κ3) is 7.74.